The van der Waals surface area contributed by atoms with Crippen molar-refractivity contribution in [3.63, 3.8) is 0 Å². The molecule has 0 saturated carbocycles. The van der Waals surface area contributed by atoms with E-state index in [-0.39, 0.29) is 0 Å². The Bertz CT molecular complexity index is 3140. The van der Waals surface area contributed by atoms with Crippen molar-refractivity contribution < 1.29 is 0 Å². The second kappa shape index (κ2) is 15.0. The molecule has 0 radical (unpaired) electrons. The largest absolute Gasteiger partial charge is 0.310 e. The lowest BCUT2D eigenvalue weighted by Crippen LogP contribution is -2.13. The number of benzene rings is 9. The van der Waals surface area contributed by atoms with Crippen LogP contribution in [0.1, 0.15) is 0 Å². The molecule has 0 atom stereocenters. The quantitative estimate of drug-likeness (QED) is 0.144. The van der Waals surface area contributed by atoms with Gasteiger partial charge in [0, 0.05) is 65.1 Å². The molecule has 0 aliphatic heterocycles. The number of hydrogen-bond donors (Lipinski definition) is 0. The molecule has 0 fully saturated rings. The summed E-state index contributed by atoms with van der Waals surface area (Å²) >= 11 is 3.73. The molecule has 0 amide bonds. The van der Waals surface area contributed by atoms with Crippen molar-refractivity contribution in [3.8, 4) is 0 Å². The zero-order chi connectivity index (χ0) is 39.1. The van der Waals surface area contributed by atoms with Crippen molar-refractivity contribution in [2.45, 2.75) is 0 Å². The third kappa shape index (κ3) is 6.20. The Labute approximate surface area is 351 Å². The monoisotopic (exact) mass is 791 g/mol. The number of anilines is 9. The van der Waals surface area contributed by atoms with Gasteiger partial charge in [-0.3, -0.25) is 0 Å². The molecule has 11 rings (SSSR count). The van der Waals surface area contributed by atoms with Crippen LogP contribution in [0.4, 0.5) is 51.2 Å². The normalized spacial score (nSPS) is 11.4. The summed E-state index contributed by atoms with van der Waals surface area (Å²) in [6.07, 6.45) is 0. The van der Waals surface area contributed by atoms with Gasteiger partial charge in [0.15, 0.2) is 0 Å². The van der Waals surface area contributed by atoms with Crippen molar-refractivity contribution in [2.24, 2.45) is 0 Å². The highest BCUT2D eigenvalue weighted by Crippen LogP contribution is 2.52. The van der Waals surface area contributed by atoms with E-state index in [0.29, 0.717) is 0 Å². The lowest BCUT2D eigenvalue weighted by atomic mass is 10.0. The molecular weight excluding hydrogens is 755 g/mol. The minimum absolute atomic E-state index is 1.10. The molecule has 0 bridgehead atoms. The van der Waals surface area contributed by atoms with Crippen LogP contribution >= 0.6 is 22.7 Å². The van der Waals surface area contributed by atoms with Gasteiger partial charge in [0.05, 0.1) is 26.5 Å². The van der Waals surface area contributed by atoms with Crippen molar-refractivity contribution in [1.82, 2.24) is 0 Å². The van der Waals surface area contributed by atoms with Gasteiger partial charge in [0.2, 0.25) is 0 Å². The number of para-hydroxylation sites is 5. The molecule has 11 aromatic rings. The van der Waals surface area contributed by atoms with E-state index in [0.717, 1.165) is 51.2 Å². The minimum atomic E-state index is 1.10. The van der Waals surface area contributed by atoms with Gasteiger partial charge in [-0.25, -0.2) is 0 Å². The standard InChI is InChI=1S/C54H37N3S2/c1-6-20-38(21-7-1)55(39-22-8-2-9-23-39)47-33-18-31-44-45-32-19-34-48(54(45)59-53(44)47)57(42-28-14-5-15-29-42)43-36-49(52-46-30-16-17-35-50(46)58-51(52)37-43)56(40-24-10-3-11-25-40)41-26-12-4-13-27-41/h1-37H. The molecule has 0 unspecified atom stereocenters. The van der Waals surface area contributed by atoms with Gasteiger partial charge in [-0.15, -0.1) is 22.7 Å². The molecule has 9 aromatic carbocycles. The number of thiophene rings is 2. The fraction of sp³-hybridized carbons (Fsp3) is 0. The SMILES string of the molecule is c1ccc(N(c2ccccc2)c2cccc3c2sc2c(N(c4ccccc4)c4cc(N(c5ccccc5)c5ccccc5)c5c(c4)sc4ccccc45)cccc23)cc1. The second-order valence-electron chi connectivity index (χ2n) is 14.5. The Balaban J connectivity index is 1.18. The molecule has 280 valence electrons. The molecule has 0 N–H and O–H groups in total. The van der Waals surface area contributed by atoms with Crippen LogP contribution in [0.5, 0.6) is 0 Å². The van der Waals surface area contributed by atoms with Crippen LogP contribution < -0.4 is 14.7 Å². The maximum atomic E-state index is 2.46. The molecule has 5 heteroatoms. The molecule has 0 spiro atoms. The highest BCUT2D eigenvalue weighted by molar-refractivity contribution is 7.27. The highest BCUT2D eigenvalue weighted by Gasteiger charge is 2.25. The summed E-state index contributed by atoms with van der Waals surface area (Å²) in [4.78, 5) is 7.27. The summed E-state index contributed by atoms with van der Waals surface area (Å²) in [5.41, 5.74) is 10.1. The van der Waals surface area contributed by atoms with Crippen LogP contribution in [0, 0.1) is 0 Å². The molecule has 3 nitrogen and oxygen atoms in total. The van der Waals surface area contributed by atoms with Crippen molar-refractivity contribution in [2.75, 3.05) is 14.7 Å². The van der Waals surface area contributed by atoms with Crippen LogP contribution in [0.2, 0.25) is 0 Å². The molecule has 0 aliphatic rings. The molecule has 2 heterocycles. The lowest BCUT2D eigenvalue weighted by Gasteiger charge is -2.30. The van der Waals surface area contributed by atoms with E-state index >= 15 is 0 Å². The molecule has 0 saturated heterocycles. The lowest BCUT2D eigenvalue weighted by molar-refractivity contribution is 1.27. The van der Waals surface area contributed by atoms with Gasteiger partial charge >= 0.3 is 0 Å². The summed E-state index contributed by atoms with van der Waals surface area (Å²) in [5, 5.41) is 5.00. The third-order valence-electron chi connectivity index (χ3n) is 11.0. The zero-order valence-electron chi connectivity index (χ0n) is 32.0. The fourth-order valence-electron chi connectivity index (χ4n) is 8.43. The van der Waals surface area contributed by atoms with E-state index in [2.05, 4.69) is 239 Å². The van der Waals surface area contributed by atoms with E-state index in [9.17, 15) is 0 Å². The molecule has 2 aromatic heterocycles. The fourth-order valence-corrected chi connectivity index (χ4v) is 10.9. The second-order valence-corrected chi connectivity index (χ2v) is 16.6. The van der Waals surface area contributed by atoms with Gasteiger partial charge in [-0.1, -0.05) is 133 Å². The van der Waals surface area contributed by atoms with Crippen molar-refractivity contribution in [3.05, 3.63) is 224 Å². The smallest absolute Gasteiger partial charge is 0.0640 e. The summed E-state index contributed by atoms with van der Waals surface area (Å²) in [6.45, 7) is 0. The number of fused-ring (bicyclic) bond motifs is 6. The topological polar surface area (TPSA) is 9.72 Å². The Morgan fingerprint density at radius 2 is 0.627 bits per heavy atom. The van der Waals surface area contributed by atoms with E-state index in [4.69, 9.17) is 0 Å². The Kier molecular flexibility index (Phi) is 8.88. The van der Waals surface area contributed by atoms with Gasteiger partial charge in [-0.05, 0) is 91.0 Å². The number of nitrogens with zero attached hydrogens (tertiary/aromatic N) is 3. The van der Waals surface area contributed by atoms with Crippen molar-refractivity contribution in [1.29, 1.82) is 0 Å². The van der Waals surface area contributed by atoms with Crippen LogP contribution in [0.3, 0.4) is 0 Å². The van der Waals surface area contributed by atoms with Crippen molar-refractivity contribution >= 4 is 114 Å². The van der Waals surface area contributed by atoms with Crippen LogP contribution in [-0.2, 0) is 0 Å². The van der Waals surface area contributed by atoms with Gasteiger partial charge in [-0.2, -0.15) is 0 Å². The first-order valence-corrected chi connectivity index (χ1v) is 21.5. The van der Waals surface area contributed by atoms with E-state index in [1.165, 1.54) is 40.3 Å². The zero-order valence-corrected chi connectivity index (χ0v) is 33.7. The predicted molar refractivity (Wildman–Crippen MR) is 256 cm³/mol. The molecule has 0 aliphatic carbocycles. The van der Waals surface area contributed by atoms with E-state index < -0.39 is 0 Å². The Hall–Kier alpha value is -7.18. The first-order valence-electron chi connectivity index (χ1n) is 19.9. The Morgan fingerprint density at radius 1 is 0.254 bits per heavy atom. The summed E-state index contributed by atoms with van der Waals surface area (Å²) < 4.78 is 4.99. The van der Waals surface area contributed by atoms with Crippen LogP contribution in [-0.4, -0.2) is 0 Å². The number of rotatable bonds is 9. The average Bonchev–Trinajstić information content (AvgIpc) is 3.88. The summed E-state index contributed by atoms with van der Waals surface area (Å²) in [7, 11) is 0. The first-order chi connectivity index (χ1) is 29.3. The first kappa shape index (κ1) is 35.0. The minimum Gasteiger partial charge on any atom is -0.310 e. The number of hydrogen-bond acceptors (Lipinski definition) is 5. The van der Waals surface area contributed by atoms with Crippen LogP contribution in [0.25, 0.3) is 40.3 Å². The maximum absolute atomic E-state index is 2.46. The highest BCUT2D eigenvalue weighted by atomic mass is 32.1. The molecular formula is C54H37N3S2. The predicted octanol–water partition coefficient (Wildman–Crippen LogP) is 16.8. The average molecular weight is 792 g/mol. The van der Waals surface area contributed by atoms with Gasteiger partial charge in [0.25, 0.3) is 0 Å². The Morgan fingerprint density at radius 3 is 1.08 bits per heavy atom. The third-order valence-corrected chi connectivity index (χ3v) is 13.4. The van der Waals surface area contributed by atoms with E-state index in [1.807, 2.05) is 22.7 Å². The molecule has 59 heavy (non-hydrogen) atoms. The summed E-state index contributed by atoms with van der Waals surface area (Å²) in [6, 6.07) is 80.9. The van der Waals surface area contributed by atoms with Gasteiger partial charge < -0.3 is 14.7 Å². The van der Waals surface area contributed by atoms with Crippen LogP contribution in [0.15, 0.2) is 224 Å². The van der Waals surface area contributed by atoms with Gasteiger partial charge in [0.1, 0.15) is 0 Å². The summed E-state index contributed by atoms with van der Waals surface area (Å²) in [5.74, 6) is 0. The maximum Gasteiger partial charge on any atom is 0.0640 e. The van der Waals surface area contributed by atoms with E-state index in [1.54, 1.807) is 0 Å².